The minimum atomic E-state index is 0.312. The molecule has 3 N–H and O–H groups in total. The van der Waals surface area contributed by atoms with Crippen LogP contribution in [-0.4, -0.2) is 15.4 Å². The number of pyridine rings is 1. The van der Waals surface area contributed by atoms with Crippen LogP contribution in [0.3, 0.4) is 0 Å². The summed E-state index contributed by atoms with van der Waals surface area (Å²) in [7, 11) is 0. The molecular weight excluding hydrogens is 280 g/mol. The summed E-state index contributed by atoms with van der Waals surface area (Å²) in [5.41, 5.74) is 8.49. The topological polar surface area (TPSA) is 63.8 Å². The van der Waals surface area contributed by atoms with Crippen molar-refractivity contribution in [3.05, 3.63) is 24.5 Å². The summed E-state index contributed by atoms with van der Waals surface area (Å²) in [5, 5.41) is 4.80. The molecule has 112 valence electrons. The first-order valence-corrected chi connectivity index (χ1v) is 8.27. The molecule has 3 rings (SSSR count). The van der Waals surface area contributed by atoms with E-state index in [-0.39, 0.29) is 0 Å². The second-order valence-electron chi connectivity index (χ2n) is 6.44. The highest BCUT2D eigenvalue weighted by atomic mass is 32.1. The fraction of sp³-hybridized carbons (Fsp3) is 0.500. The second-order valence-corrected chi connectivity index (χ2v) is 7.21. The van der Waals surface area contributed by atoms with Crippen LogP contribution in [0.25, 0.3) is 11.1 Å². The summed E-state index contributed by atoms with van der Waals surface area (Å²) in [4.78, 5) is 4.08. The Balaban J connectivity index is 1.90. The van der Waals surface area contributed by atoms with E-state index in [0.717, 1.165) is 16.1 Å². The number of aromatic nitrogens is 2. The lowest BCUT2D eigenvalue weighted by Gasteiger charge is -2.39. The van der Waals surface area contributed by atoms with Crippen LogP contribution in [0.5, 0.6) is 0 Å². The molecule has 2 aromatic rings. The third kappa shape index (κ3) is 2.88. The summed E-state index contributed by atoms with van der Waals surface area (Å²) < 4.78 is 4.34. The lowest BCUT2D eigenvalue weighted by molar-refractivity contribution is 0.217. The average Bonchev–Trinajstić information content (AvgIpc) is 2.83. The van der Waals surface area contributed by atoms with Crippen molar-refractivity contribution in [3.8, 4) is 11.1 Å². The summed E-state index contributed by atoms with van der Waals surface area (Å²) in [6, 6.07) is 4.45. The summed E-state index contributed by atoms with van der Waals surface area (Å²) in [5.74, 6) is 0.599. The largest absolute Gasteiger partial charge is 0.382 e. The van der Waals surface area contributed by atoms with Gasteiger partial charge in [-0.1, -0.05) is 26.7 Å². The summed E-state index contributed by atoms with van der Waals surface area (Å²) in [6.07, 6.45) is 8.68. The second kappa shape index (κ2) is 5.64. The van der Waals surface area contributed by atoms with Crippen LogP contribution >= 0.6 is 11.5 Å². The zero-order valence-electron chi connectivity index (χ0n) is 12.6. The molecule has 0 spiro atoms. The molecule has 1 aliphatic rings. The Hall–Kier alpha value is -1.62. The molecule has 1 unspecified atom stereocenters. The number of anilines is 2. The molecule has 0 bridgehead atoms. The first-order valence-electron chi connectivity index (χ1n) is 7.50. The van der Waals surface area contributed by atoms with Crippen LogP contribution in [0.15, 0.2) is 24.5 Å². The van der Waals surface area contributed by atoms with Crippen LogP contribution in [0.4, 0.5) is 10.8 Å². The van der Waals surface area contributed by atoms with Gasteiger partial charge in [-0.2, -0.15) is 4.37 Å². The highest BCUT2D eigenvalue weighted by molar-refractivity contribution is 7.11. The van der Waals surface area contributed by atoms with Crippen molar-refractivity contribution < 1.29 is 0 Å². The quantitative estimate of drug-likeness (QED) is 0.893. The molecule has 1 fully saturated rings. The van der Waals surface area contributed by atoms with Crippen molar-refractivity contribution in [2.45, 2.75) is 45.6 Å². The molecule has 2 heterocycles. The van der Waals surface area contributed by atoms with Gasteiger partial charge in [-0.15, -0.1) is 0 Å². The number of hydrogen-bond acceptors (Lipinski definition) is 5. The predicted molar refractivity (Wildman–Crippen MR) is 89.4 cm³/mol. The van der Waals surface area contributed by atoms with E-state index in [0.29, 0.717) is 17.3 Å². The molecule has 1 saturated carbocycles. The molecule has 1 aliphatic carbocycles. The maximum absolute atomic E-state index is 6.09. The van der Waals surface area contributed by atoms with E-state index >= 15 is 0 Å². The number of nitrogens with two attached hydrogens (primary N) is 1. The van der Waals surface area contributed by atoms with Gasteiger partial charge in [0, 0.05) is 18.4 Å². The van der Waals surface area contributed by atoms with Gasteiger partial charge in [0.1, 0.15) is 10.8 Å². The van der Waals surface area contributed by atoms with Gasteiger partial charge in [0.2, 0.25) is 0 Å². The lowest BCUT2D eigenvalue weighted by atomic mass is 9.73. The maximum atomic E-state index is 6.09. The van der Waals surface area contributed by atoms with E-state index in [1.165, 1.54) is 37.2 Å². The Labute approximate surface area is 130 Å². The van der Waals surface area contributed by atoms with Crippen LogP contribution in [0.1, 0.15) is 39.5 Å². The Bertz CT molecular complexity index is 606. The van der Waals surface area contributed by atoms with Gasteiger partial charge in [-0.25, -0.2) is 0 Å². The van der Waals surface area contributed by atoms with Gasteiger partial charge in [-0.3, -0.25) is 4.98 Å². The third-order valence-electron chi connectivity index (χ3n) is 4.50. The molecule has 0 aliphatic heterocycles. The lowest BCUT2D eigenvalue weighted by Crippen LogP contribution is -2.38. The number of rotatable bonds is 3. The van der Waals surface area contributed by atoms with Crippen molar-refractivity contribution in [3.63, 3.8) is 0 Å². The molecule has 0 saturated heterocycles. The Morgan fingerprint density at radius 1 is 1.29 bits per heavy atom. The Morgan fingerprint density at radius 2 is 2.05 bits per heavy atom. The maximum Gasteiger partial charge on any atom is 0.147 e. The van der Waals surface area contributed by atoms with E-state index in [9.17, 15) is 0 Å². The monoisotopic (exact) mass is 302 g/mol. The van der Waals surface area contributed by atoms with Gasteiger partial charge in [-0.05, 0) is 47.5 Å². The van der Waals surface area contributed by atoms with Crippen LogP contribution in [-0.2, 0) is 0 Å². The smallest absolute Gasteiger partial charge is 0.147 e. The predicted octanol–water partition coefficient (Wildman–Crippen LogP) is 4.17. The fourth-order valence-electron chi connectivity index (χ4n) is 3.12. The third-order valence-corrected chi connectivity index (χ3v) is 5.29. The SMILES string of the molecule is CC1(C)CCCCC1Nc1snc(N)c1-c1ccncc1. The Morgan fingerprint density at radius 3 is 2.76 bits per heavy atom. The highest BCUT2D eigenvalue weighted by Crippen LogP contribution is 2.42. The molecule has 2 aromatic heterocycles. The van der Waals surface area contributed by atoms with Gasteiger partial charge >= 0.3 is 0 Å². The summed E-state index contributed by atoms with van der Waals surface area (Å²) in [6.45, 7) is 4.70. The van der Waals surface area contributed by atoms with Crippen molar-refractivity contribution in [2.75, 3.05) is 11.1 Å². The molecule has 1 atom stereocenters. The van der Waals surface area contributed by atoms with Crippen molar-refractivity contribution in [1.29, 1.82) is 0 Å². The minimum absolute atomic E-state index is 0.312. The normalized spacial score (nSPS) is 21.1. The minimum Gasteiger partial charge on any atom is -0.382 e. The molecule has 4 nitrogen and oxygen atoms in total. The Kier molecular flexibility index (Phi) is 3.85. The first-order chi connectivity index (χ1) is 10.1. The van der Waals surface area contributed by atoms with Crippen molar-refractivity contribution in [1.82, 2.24) is 9.36 Å². The highest BCUT2D eigenvalue weighted by Gasteiger charge is 2.33. The first kappa shape index (κ1) is 14.3. The molecule has 21 heavy (non-hydrogen) atoms. The average molecular weight is 302 g/mol. The van der Waals surface area contributed by atoms with Crippen molar-refractivity contribution >= 4 is 22.4 Å². The van der Waals surface area contributed by atoms with E-state index < -0.39 is 0 Å². The molecule has 0 radical (unpaired) electrons. The standard InChI is InChI=1S/C16H22N4S/c1-16(2)8-4-3-5-12(16)19-15-13(14(17)20-21-15)11-6-9-18-10-7-11/h6-7,9-10,12,19H,3-5,8H2,1-2H3,(H2,17,20). The summed E-state index contributed by atoms with van der Waals surface area (Å²) >= 11 is 1.46. The molecular formula is C16H22N4S. The molecule has 5 heteroatoms. The van der Waals surface area contributed by atoms with Crippen LogP contribution in [0.2, 0.25) is 0 Å². The zero-order chi connectivity index (χ0) is 14.9. The van der Waals surface area contributed by atoms with Crippen LogP contribution in [0, 0.1) is 5.41 Å². The van der Waals surface area contributed by atoms with E-state index in [2.05, 4.69) is 28.5 Å². The number of nitrogen functional groups attached to an aromatic ring is 1. The number of hydrogen-bond donors (Lipinski definition) is 2. The van der Waals surface area contributed by atoms with Gasteiger partial charge < -0.3 is 11.1 Å². The van der Waals surface area contributed by atoms with E-state index in [1.54, 1.807) is 12.4 Å². The number of nitrogens with one attached hydrogen (secondary N) is 1. The molecule has 0 aromatic carbocycles. The van der Waals surface area contributed by atoms with E-state index in [1.807, 2.05) is 12.1 Å². The van der Waals surface area contributed by atoms with Gasteiger partial charge in [0.05, 0.1) is 5.56 Å². The van der Waals surface area contributed by atoms with Gasteiger partial charge in [0.15, 0.2) is 0 Å². The number of nitrogens with zero attached hydrogens (tertiary/aromatic N) is 2. The van der Waals surface area contributed by atoms with Crippen molar-refractivity contribution in [2.24, 2.45) is 5.41 Å². The fourth-order valence-corrected chi connectivity index (χ4v) is 3.91. The zero-order valence-corrected chi connectivity index (χ0v) is 13.4. The van der Waals surface area contributed by atoms with E-state index in [4.69, 9.17) is 5.73 Å². The van der Waals surface area contributed by atoms with Crippen LogP contribution < -0.4 is 11.1 Å². The molecule has 0 amide bonds. The van der Waals surface area contributed by atoms with Gasteiger partial charge in [0.25, 0.3) is 0 Å².